The molecule has 0 unspecified atom stereocenters. The molecule has 4 atom stereocenters. The molecule has 0 amide bonds. The standard InChI is InChI=1S/C6H12O7/c7-1-2(8)3(9)4(10)5(11)6(12)13/h2-5,7-11H,1H2,(H,12,13)/t2-,3+,4+,5+/m1/s1. The first-order valence-corrected chi connectivity index (χ1v) is 3.47. The zero-order chi connectivity index (χ0) is 10.6. The second kappa shape index (κ2) is 5.10. The lowest BCUT2D eigenvalue weighted by molar-refractivity contribution is -0.164. The zero-order valence-corrected chi connectivity index (χ0v) is 6.61. The van der Waals surface area contributed by atoms with E-state index in [1.54, 1.807) is 0 Å². The molecule has 0 aromatic rings. The summed E-state index contributed by atoms with van der Waals surface area (Å²) in [5.41, 5.74) is 0. The van der Waals surface area contributed by atoms with E-state index in [1.165, 1.54) is 0 Å². The number of aliphatic carboxylic acids is 1. The van der Waals surface area contributed by atoms with Crippen LogP contribution in [0.2, 0.25) is 0 Å². The minimum atomic E-state index is -2.20. The number of carboxylic acids is 1. The first kappa shape index (κ1) is 12.3. The fourth-order valence-electron chi connectivity index (χ4n) is 0.668. The lowest BCUT2D eigenvalue weighted by atomic mass is 10.0. The molecule has 0 aliphatic rings. The molecule has 0 fully saturated rings. The van der Waals surface area contributed by atoms with Crippen LogP contribution in [0.3, 0.4) is 0 Å². The van der Waals surface area contributed by atoms with Gasteiger partial charge in [0.25, 0.3) is 0 Å². The zero-order valence-electron chi connectivity index (χ0n) is 6.61. The maximum atomic E-state index is 10.1. The molecule has 0 radical (unpaired) electrons. The summed E-state index contributed by atoms with van der Waals surface area (Å²) in [6.07, 6.45) is -7.84. The van der Waals surface area contributed by atoms with Crippen molar-refractivity contribution in [2.75, 3.05) is 6.61 Å². The molecule has 0 aromatic heterocycles. The molecule has 7 nitrogen and oxygen atoms in total. The van der Waals surface area contributed by atoms with Gasteiger partial charge in [-0.1, -0.05) is 0 Å². The van der Waals surface area contributed by atoms with Crippen LogP contribution in [0.4, 0.5) is 0 Å². The average Bonchev–Trinajstić information content (AvgIpc) is 2.12. The second-order valence-corrected chi connectivity index (χ2v) is 2.51. The van der Waals surface area contributed by atoms with Crippen molar-refractivity contribution in [2.24, 2.45) is 0 Å². The van der Waals surface area contributed by atoms with Crippen LogP contribution in [0.25, 0.3) is 0 Å². The number of hydrogen-bond donors (Lipinski definition) is 6. The summed E-state index contributed by atoms with van der Waals surface area (Å²) in [4.78, 5) is 10.1. The minimum absolute atomic E-state index is 0.843. The van der Waals surface area contributed by atoms with E-state index in [1.807, 2.05) is 0 Å². The number of rotatable bonds is 5. The van der Waals surface area contributed by atoms with Gasteiger partial charge in [-0.2, -0.15) is 0 Å². The number of aliphatic hydroxyl groups excluding tert-OH is 5. The molecule has 0 saturated carbocycles. The smallest absolute Gasteiger partial charge is 0.335 e. The van der Waals surface area contributed by atoms with Crippen LogP contribution < -0.4 is 0 Å². The van der Waals surface area contributed by atoms with Crippen LogP contribution in [0.1, 0.15) is 0 Å². The molecule has 0 aromatic carbocycles. The second-order valence-electron chi connectivity index (χ2n) is 2.51. The van der Waals surface area contributed by atoms with Crippen LogP contribution in [0.5, 0.6) is 0 Å². The quantitative estimate of drug-likeness (QED) is 0.268. The predicted molar refractivity (Wildman–Crippen MR) is 38.7 cm³/mol. The lowest BCUT2D eigenvalue weighted by Crippen LogP contribution is -2.48. The molecule has 6 N–H and O–H groups in total. The lowest BCUT2D eigenvalue weighted by Gasteiger charge is -2.23. The van der Waals surface area contributed by atoms with Gasteiger partial charge in [-0.15, -0.1) is 0 Å². The molecule has 0 aliphatic carbocycles. The van der Waals surface area contributed by atoms with Crippen molar-refractivity contribution in [2.45, 2.75) is 24.4 Å². The van der Waals surface area contributed by atoms with Crippen molar-refractivity contribution in [1.29, 1.82) is 0 Å². The Balaban J connectivity index is 4.24. The molecule has 13 heavy (non-hydrogen) atoms. The summed E-state index contributed by atoms with van der Waals surface area (Å²) in [7, 11) is 0. The molecule has 0 rings (SSSR count). The van der Waals surface area contributed by atoms with Crippen molar-refractivity contribution >= 4 is 5.97 Å². The van der Waals surface area contributed by atoms with E-state index in [-0.39, 0.29) is 0 Å². The van der Waals surface area contributed by atoms with Gasteiger partial charge in [-0.05, 0) is 0 Å². The summed E-state index contributed by atoms with van der Waals surface area (Å²) in [6, 6.07) is 0. The Labute approximate surface area is 73.5 Å². The van der Waals surface area contributed by atoms with Crippen molar-refractivity contribution in [3.8, 4) is 0 Å². The SMILES string of the molecule is O=C(O)[C@@H](O)[C@@H](O)[C@@H](O)[C@H](O)CO. The van der Waals surface area contributed by atoms with Crippen LogP contribution in [0, 0.1) is 0 Å². The first-order valence-electron chi connectivity index (χ1n) is 3.47. The maximum absolute atomic E-state index is 10.1. The van der Waals surface area contributed by atoms with Gasteiger partial charge >= 0.3 is 5.97 Å². The molecular formula is C6H12O7. The summed E-state index contributed by atoms with van der Waals surface area (Å²) in [5, 5.41) is 51.8. The van der Waals surface area contributed by atoms with Crippen molar-refractivity contribution < 1.29 is 35.4 Å². The van der Waals surface area contributed by atoms with Crippen molar-refractivity contribution in [3.05, 3.63) is 0 Å². The third kappa shape index (κ3) is 3.25. The highest BCUT2D eigenvalue weighted by Crippen LogP contribution is 2.04. The molecule has 78 valence electrons. The molecule has 0 bridgehead atoms. The van der Waals surface area contributed by atoms with E-state index in [2.05, 4.69) is 0 Å². The summed E-state index contributed by atoms with van der Waals surface area (Å²) < 4.78 is 0. The topological polar surface area (TPSA) is 138 Å². The van der Waals surface area contributed by atoms with E-state index in [0.717, 1.165) is 0 Å². The monoisotopic (exact) mass is 196 g/mol. The number of aliphatic hydroxyl groups is 5. The highest BCUT2D eigenvalue weighted by molar-refractivity contribution is 5.72. The van der Waals surface area contributed by atoms with Crippen LogP contribution in [0.15, 0.2) is 0 Å². The Morgan fingerprint density at radius 3 is 1.85 bits per heavy atom. The van der Waals surface area contributed by atoms with Crippen molar-refractivity contribution in [3.63, 3.8) is 0 Å². The minimum Gasteiger partial charge on any atom is -0.479 e. The molecular weight excluding hydrogens is 184 g/mol. The third-order valence-electron chi connectivity index (χ3n) is 1.51. The normalized spacial score (nSPS) is 20.4. The molecule has 0 spiro atoms. The molecule has 0 heterocycles. The van der Waals surface area contributed by atoms with Crippen LogP contribution in [-0.2, 0) is 4.79 Å². The largest absolute Gasteiger partial charge is 0.479 e. The molecule has 7 heteroatoms. The summed E-state index contributed by atoms with van der Waals surface area (Å²) >= 11 is 0. The number of hydrogen-bond acceptors (Lipinski definition) is 6. The third-order valence-corrected chi connectivity index (χ3v) is 1.51. The van der Waals surface area contributed by atoms with Crippen molar-refractivity contribution in [1.82, 2.24) is 0 Å². The Bertz CT molecular complexity index is 170. The van der Waals surface area contributed by atoms with E-state index in [9.17, 15) is 4.79 Å². The van der Waals surface area contributed by atoms with E-state index < -0.39 is 37.0 Å². The van der Waals surface area contributed by atoms with Gasteiger partial charge < -0.3 is 30.6 Å². The van der Waals surface area contributed by atoms with Gasteiger partial charge in [-0.3, -0.25) is 0 Å². The van der Waals surface area contributed by atoms with Gasteiger partial charge in [0.2, 0.25) is 0 Å². The highest BCUT2D eigenvalue weighted by atomic mass is 16.4. The molecule has 0 aliphatic heterocycles. The number of carboxylic acid groups (broad SMARTS) is 1. The maximum Gasteiger partial charge on any atom is 0.335 e. The summed E-state index contributed by atoms with van der Waals surface area (Å²) in [6.45, 7) is -0.843. The Kier molecular flexibility index (Phi) is 4.81. The fraction of sp³-hybridized carbons (Fsp3) is 0.833. The van der Waals surface area contributed by atoms with E-state index >= 15 is 0 Å². The Morgan fingerprint density at radius 1 is 1.08 bits per heavy atom. The Hall–Kier alpha value is -0.730. The van der Waals surface area contributed by atoms with E-state index in [4.69, 9.17) is 30.6 Å². The van der Waals surface area contributed by atoms with Gasteiger partial charge in [0.05, 0.1) is 6.61 Å². The van der Waals surface area contributed by atoms with E-state index in [0.29, 0.717) is 0 Å². The average molecular weight is 196 g/mol. The number of carbonyl (C=O) groups is 1. The predicted octanol–water partition coefficient (Wildman–Crippen LogP) is -3.49. The van der Waals surface area contributed by atoms with Gasteiger partial charge in [0.1, 0.15) is 18.3 Å². The van der Waals surface area contributed by atoms with Gasteiger partial charge in [0, 0.05) is 0 Å². The van der Waals surface area contributed by atoms with Gasteiger partial charge in [0.15, 0.2) is 6.10 Å². The molecule has 0 saturated heterocycles. The van der Waals surface area contributed by atoms with Gasteiger partial charge in [-0.25, -0.2) is 4.79 Å². The Morgan fingerprint density at radius 2 is 1.54 bits per heavy atom. The highest BCUT2D eigenvalue weighted by Gasteiger charge is 2.33. The first-order chi connectivity index (χ1) is 5.91. The van der Waals surface area contributed by atoms with Crippen LogP contribution >= 0.6 is 0 Å². The summed E-state index contributed by atoms with van der Waals surface area (Å²) in [5.74, 6) is -1.73. The van der Waals surface area contributed by atoms with Crippen LogP contribution in [-0.4, -0.2) is 67.6 Å². The fourth-order valence-corrected chi connectivity index (χ4v) is 0.668.